The van der Waals surface area contributed by atoms with E-state index in [9.17, 15) is 35.9 Å². The van der Waals surface area contributed by atoms with Crippen LogP contribution >= 0.6 is 12.4 Å². The van der Waals surface area contributed by atoms with Gasteiger partial charge >= 0.3 is 12.4 Å². The summed E-state index contributed by atoms with van der Waals surface area (Å²) in [5.74, 6) is -1.12. The molecular weight excluding hydrogens is 572 g/mol. The van der Waals surface area contributed by atoms with E-state index < -0.39 is 41.0 Å². The van der Waals surface area contributed by atoms with Crippen LogP contribution in [0.2, 0.25) is 0 Å². The topological polar surface area (TPSA) is 53.5 Å². The first kappa shape index (κ1) is 32.1. The molecule has 3 aromatic rings. The van der Waals surface area contributed by atoms with Crippen LogP contribution in [0.4, 0.5) is 26.3 Å². The number of hydrogen-bond donors (Lipinski definition) is 0. The highest BCUT2D eigenvalue weighted by atomic mass is 35.5. The summed E-state index contributed by atoms with van der Waals surface area (Å²) in [6.07, 6.45) is -6.85. The standard InChI is InChI=1S/C29H27F6N3O2.ClH/c1-18-5-6-20(10-19(18)2)11-25-16-37(17-26(39)21-4-3-7-36-15-21)8-9-38(25)27(40)22-12-23(28(30,31)32)14-24(13-22)29(33,34)35;/h3-7,10,12-15,25H,8-9,11,16-17H2,1-2H3;1H. The monoisotopic (exact) mass is 599 g/mol. The Balaban J connectivity index is 0.00000462. The van der Waals surface area contributed by atoms with E-state index >= 15 is 0 Å². The minimum absolute atomic E-state index is 0. The van der Waals surface area contributed by atoms with Crippen molar-refractivity contribution in [2.75, 3.05) is 26.2 Å². The number of hydrogen-bond acceptors (Lipinski definition) is 4. The molecule has 0 bridgehead atoms. The number of aromatic nitrogens is 1. The maximum Gasteiger partial charge on any atom is 0.416 e. The average Bonchev–Trinajstić information content (AvgIpc) is 2.90. The molecule has 1 aliphatic heterocycles. The Morgan fingerprint density at radius 2 is 1.54 bits per heavy atom. The number of halogens is 7. The summed E-state index contributed by atoms with van der Waals surface area (Å²) in [5, 5.41) is 0. The summed E-state index contributed by atoms with van der Waals surface area (Å²) in [4.78, 5) is 33.4. The van der Waals surface area contributed by atoms with Gasteiger partial charge < -0.3 is 4.90 Å². The first-order valence-electron chi connectivity index (χ1n) is 12.5. The van der Waals surface area contributed by atoms with Gasteiger partial charge in [-0.05, 0) is 67.3 Å². The van der Waals surface area contributed by atoms with Crippen molar-refractivity contribution >= 4 is 24.1 Å². The molecule has 41 heavy (non-hydrogen) atoms. The van der Waals surface area contributed by atoms with E-state index in [-0.39, 0.29) is 50.4 Å². The molecule has 12 heteroatoms. The molecule has 1 amide bonds. The first-order chi connectivity index (χ1) is 18.7. The molecule has 1 aromatic heterocycles. The third-order valence-corrected chi connectivity index (χ3v) is 7.06. The van der Waals surface area contributed by atoms with Crippen molar-refractivity contribution < 1.29 is 35.9 Å². The Kier molecular flexibility index (Phi) is 9.86. The Bertz CT molecular complexity index is 1360. The average molecular weight is 600 g/mol. The van der Waals surface area contributed by atoms with Crippen molar-refractivity contribution in [1.29, 1.82) is 0 Å². The zero-order valence-electron chi connectivity index (χ0n) is 22.2. The lowest BCUT2D eigenvalue weighted by Gasteiger charge is -2.41. The normalized spacial score (nSPS) is 16.3. The summed E-state index contributed by atoms with van der Waals surface area (Å²) < 4.78 is 80.7. The van der Waals surface area contributed by atoms with Crippen LogP contribution in [-0.2, 0) is 18.8 Å². The molecular formula is C29H28ClF6N3O2. The second-order valence-corrected chi connectivity index (χ2v) is 9.97. The second kappa shape index (κ2) is 12.6. The van der Waals surface area contributed by atoms with Gasteiger partial charge in [0.2, 0.25) is 0 Å². The van der Waals surface area contributed by atoms with E-state index in [4.69, 9.17) is 0 Å². The predicted octanol–water partition coefficient (Wildman–Crippen LogP) is 6.41. The van der Waals surface area contributed by atoms with Crippen LogP contribution < -0.4 is 0 Å². The number of Topliss-reactive ketones (excluding diaryl/α,β-unsaturated/α-hetero) is 1. The molecule has 4 rings (SSSR count). The second-order valence-electron chi connectivity index (χ2n) is 9.97. The number of pyridine rings is 1. The van der Waals surface area contributed by atoms with Gasteiger partial charge in [-0.15, -0.1) is 12.4 Å². The smallest absolute Gasteiger partial charge is 0.333 e. The maximum atomic E-state index is 13.5. The minimum Gasteiger partial charge on any atom is -0.333 e. The minimum atomic E-state index is -5.07. The number of ketones is 1. The largest absolute Gasteiger partial charge is 0.416 e. The number of alkyl halides is 6. The van der Waals surface area contributed by atoms with Crippen molar-refractivity contribution in [1.82, 2.24) is 14.8 Å². The van der Waals surface area contributed by atoms with Gasteiger partial charge in [0, 0.05) is 49.2 Å². The molecule has 5 nitrogen and oxygen atoms in total. The lowest BCUT2D eigenvalue weighted by atomic mass is 9.97. The highest BCUT2D eigenvalue weighted by molar-refractivity contribution is 5.97. The highest BCUT2D eigenvalue weighted by Gasteiger charge is 2.39. The number of nitrogens with zero attached hydrogens (tertiary/aromatic N) is 3. The van der Waals surface area contributed by atoms with Crippen LogP contribution in [0.5, 0.6) is 0 Å². The number of rotatable bonds is 6. The van der Waals surface area contributed by atoms with Crippen molar-refractivity contribution in [3.63, 3.8) is 0 Å². The molecule has 1 atom stereocenters. The number of amides is 1. The SMILES string of the molecule is Cc1ccc(CC2CN(CC(=O)c3cccnc3)CCN2C(=O)c2cc(C(F)(F)F)cc(C(F)(F)F)c2)cc1C.Cl. The molecule has 1 saturated heterocycles. The third kappa shape index (κ3) is 7.85. The third-order valence-electron chi connectivity index (χ3n) is 7.06. The fourth-order valence-corrected chi connectivity index (χ4v) is 4.77. The van der Waals surface area contributed by atoms with Crippen LogP contribution in [0, 0.1) is 13.8 Å². The number of carbonyl (C=O) groups excluding carboxylic acids is 2. The van der Waals surface area contributed by atoms with Gasteiger partial charge in [0.15, 0.2) is 5.78 Å². The first-order valence-corrected chi connectivity index (χ1v) is 12.5. The predicted molar refractivity (Wildman–Crippen MR) is 143 cm³/mol. The summed E-state index contributed by atoms with van der Waals surface area (Å²) in [7, 11) is 0. The summed E-state index contributed by atoms with van der Waals surface area (Å²) in [5.41, 5.74) is -0.460. The van der Waals surface area contributed by atoms with Crippen LogP contribution in [0.25, 0.3) is 0 Å². The molecule has 0 N–H and O–H groups in total. The number of carbonyl (C=O) groups is 2. The lowest BCUT2D eigenvalue weighted by Crippen LogP contribution is -2.56. The van der Waals surface area contributed by atoms with E-state index in [2.05, 4.69) is 4.98 Å². The van der Waals surface area contributed by atoms with Crippen LogP contribution in [-0.4, -0.2) is 58.7 Å². The zero-order chi connectivity index (χ0) is 29.2. The molecule has 1 aliphatic rings. The van der Waals surface area contributed by atoms with Crippen molar-refractivity contribution in [2.45, 2.75) is 38.7 Å². The number of aryl methyl sites for hydroxylation is 2. The Labute approximate surface area is 239 Å². The van der Waals surface area contributed by atoms with Crippen LogP contribution in [0.3, 0.4) is 0 Å². The van der Waals surface area contributed by atoms with E-state index in [1.807, 2.05) is 36.9 Å². The fraction of sp³-hybridized carbons (Fsp3) is 0.345. The van der Waals surface area contributed by atoms with Crippen molar-refractivity contribution in [2.24, 2.45) is 0 Å². The molecule has 220 valence electrons. The van der Waals surface area contributed by atoms with Crippen molar-refractivity contribution in [3.05, 3.63) is 99.9 Å². The van der Waals surface area contributed by atoms with E-state index in [1.165, 1.54) is 11.1 Å². The quantitative estimate of drug-likeness (QED) is 0.243. The number of benzene rings is 2. The summed E-state index contributed by atoms with van der Waals surface area (Å²) in [6.45, 7) is 4.32. The van der Waals surface area contributed by atoms with E-state index in [0.717, 1.165) is 16.7 Å². The van der Waals surface area contributed by atoms with Gasteiger partial charge in [0.25, 0.3) is 5.91 Å². The van der Waals surface area contributed by atoms with Gasteiger partial charge in [-0.25, -0.2) is 0 Å². The Hall–Kier alpha value is -3.44. The van der Waals surface area contributed by atoms with Gasteiger partial charge in [0.1, 0.15) is 0 Å². The molecule has 1 unspecified atom stereocenters. The molecule has 2 heterocycles. The molecule has 0 saturated carbocycles. The molecule has 1 fully saturated rings. The van der Waals surface area contributed by atoms with E-state index in [0.29, 0.717) is 24.1 Å². The molecule has 0 aliphatic carbocycles. The maximum absolute atomic E-state index is 13.5. The fourth-order valence-electron chi connectivity index (χ4n) is 4.77. The lowest BCUT2D eigenvalue weighted by molar-refractivity contribution is -0.143. The zero-order valence-corrected chi connectivity index (χ0v) is 23.0. The summed E-state index contributed by atoms with van der Waals surface area (Å²) >= 11 is 0. The van der Waals surface area contributed by atoms with E-state index in [1.54, 1.807) is 18.3 Å². The highest BCUT2D eigenvalue weighted by Crippen LogP contribution is 2.37. The van der Waals surface area contributed by atoms with Gasteiger partial charge in [-0.3, -0.25) is 19.5 Å². The van der Waals surface area contributed by atoms with Crippen LogP contribution in [0.15, 0.2) is 60.9 Å². The van der Waals surface area contributed by atoms with Gasteiger partial charge in [-0.2, -0.15) is 26.3 Å². The van der Waals surface area contributed by atoms with Crippen molar-refractivity contribution in [3.8, 4) is 0 Å². The Morgan fingerprint density at radius 1 is 0.878 bits per heavy atom. The van der Waals surface area contributed by atoms with Crippen LogP contribution in [0.1, 0.15) is 48.5 Å². The van der Waals surface area contributed by atoms with Gasteiger partial charge in [0.05, 0.1) is 17.7 Å². The molecule has 0 spiro atoms. The van der Waals surface area contributed by atoms with Gasteiger partial charge in [-0.1, -0.05) is 18.2 Å². The number of piperazine rings is 1. The molecule has 2 aromatic carbocycles. The Morgan fingerprint density at radius 3 is 2.10 bits per heavy atom. The summed E-state index contributed by atoms with van der Waals surface area (Å²) in [6, 6.07) is 9.31. The molecule has 0 radical (unpaired) electrons.